The first kappa shape index (κ1) is 18.9. The van der Waals surface area contributed by atoms with Crippen molar-refractivity contribution in [2.45, 2.75) is 59.3 Å². The molecule has 3 nitrogen and oxygen atoms in total. The highest BCUT2D eigenvalue weighted by Gasteiger charge is 1.94. The van der Waals surface area contributed by atoms with E-state index in [0.29, 0.717) is 0 Å². The van der Waals surface area contributed by atoms with Crippen molar-refractivity contribution in [2.24, 2.45) is 5.92 Å². The molecule has 0 aromatic rings. The Morgan fingerprint density at radius 3 is 2.05 bits per heavy atom. The van der Waals surface area contributed by atoms with Crippen molar-refractivity contribution >= 4 is 0 Å². The van der Waals surface area contributed by atoms with E-state index in [1.807, 2.05) is 0 Å². The summed E-state index contributed by atoms with van der Waals surface area (Å²) in [5, 5.41) is 3.47. The highest BCUT2D eigenvalue weighted by atomic mass is 16.5. The maximum Gasteiger partial charge on any atom is 0.0700 e. The molecule has 0 radical (unpaired) electrons. The second-order valence-electron chi connectivity index (χ2n) is 5.59. The Bertz CT molecular complexity index is 163. The molecule has 0 unspecified atom stereocenters. The number of rotatable bonds is 15. The maximum absolute atomic E-state index is 5.53. The number of unbranched alkanes of at least 4 members (excludes halogenated alkanes) is 4. The van der Waals surface area contributed by atoms with Gasteiger partial charge in [-0.1, -0.05) is 40.0 Å². The highest BCUT2D eigenvalue weighted by Crippen LogP contribution is 1.99. The molecule has 0 atom stereocenters. The molecule has 19 heavy (non-hydrogen) atoms. The van der Waals surface area contributed by atoms with Crippen molar-refractivity contribution in [1.29, 1.82) is 0 Å². The molecule has 0 rings (SSSR count). The molecule has 0 heterocycles. The summed E-state index contributed by atoms with van der Waals surface area (Å²) in [5.41, 5.74) is 0. The fourth-order valence-electron chi connectivity index (χ4n) is 1.77. The first-order chi connectivity index (χ1) is 9.27. The molecule has 0 fully saturated rings. The minimum Gasteiger partial charge on any atom is -0.379 e. The minimum absolute atomic E-state index is 0.749. The molecule has 0 aromatic heterocycles. The van der Waals surface area contributed by atoms with Crippen molar-refractivity contribution < 1.29 is 9.47 Å². The summed E-state index contributed by atoms with van der Waals surface area (Å²) in [6.45, 7) is 12.2. The van der Waals surface area contributed by atoms with Gasteiger partial charge in [-0.2, -0.15) is 0 Å². The third-order valence-electron chi connectivity index (χ3n) is 2.96. The monoisotopic (exact) mass is 273 g/mol. The van der Waals surface area contributed by atoms with Crippen molar-refractivity contribution in [1.82, 2.24) is 5.32 Å². The Morgan fingerprint density at radius 2 is 1.42 bits per heavy atom. The third-order valence-corrected chi connectivity index (χ3v) is 2.96. The largest absolute Gasteiger partial charge is 0.379 e. The van der Waals surface area contributed by atoms with Crippen LogP contribution in [0.15, 0.2) is 0 Å². The first-order valence-electron chi connectivity index (χ1n) is 8.13. The molecule has 0 bridgehead atoms. The Kier molecular flexibility index (Phi) is 15.8. The van der Waals surface area contributed by atoms with Crippen LogP contribution in [0.25, 0.3) is 0 Å². The number of hydrogen-bond donors (Lipinski definition) is 1. The SMILES string of the molecule is CCCCOCCOCCCCCCNCC(C)C. The lowest BCUT2D eigenvalue weighted by atomic mass is 10.2. The standard InChI is InChI=1S/C16H35NO2/c1-4-5-11-18-13-14-19-12-9-7-6-8-10-17-15-16(2)3/h16-17H,4-15H2,1-3H3. The Balaban J connectivity index is 2.91. The molecule has 116 valence electrons. The van der Waals surface area contributed by atoms with Crippen LogP contribution in [0.4, 0.5) is 0 Å². The zero-order valence-electron chi connectivity index (χ0n) is 13.4. The van der Waals surface area contributed by atoms with Gasteiger partial charge in [0.25, 0.3) is 0 Å². The van der Waals surface area contributed by atoms with E-state index in [-0.39, 0.29) is 0 Å². The summed E-state index contributed by atoms with van der Waals surface area (Å²) < 4.78 is 11.0. The zero-order valence-corrected chi connectivity index (χ0v) is 13.4. The van der Waals surface area contributed by atoms with Gasteiger partial charge in [-0.15, -0.1) is 0 Å². The molecule has 0 spiro atoms. The Hall–Kier alpha value is -0.120. The quantitative estimate of drug-likeness (QED) is 0.462. The van der Waals surface area contributed by atoms with E-state index in [1.54, 1.807) is 0 Å². The molecule has 0 saturated heterocycles. The van der Waals surface area contributed by atoms with Gasteiger partial charge in [-0.25, -0.2) is 0 Å². The van der Waals surface area contributed by atoms with E-state index in [0.717, 1.165) is 51.9 Å². The van der Waals surface area contributed by atoms with Crippen LogP contribution < -0.4 is 5.32 Å². The Morgan fingerprint density at radius 1 is 0.789 bits per heavy atom. The van der Waals surface area contributed by atoms with E-state index in [1.165, 1.54) is 32.1 Å². The van der Waals surface area contributed by atoms with E-state index < -0.39 is 0 Å². The van der Waals surface area contributed by atoms with Gasteiger partial charge >= 0.3 is 0 Å². The van der Waals surface area contributed by atoms with E-state index in [9.17, 15) is 0 Å². The average molecular weight is 273 g/mol. The van der Waals surface area contributed by atoms with Crippen LogP contribution in [0.1, 0.15) is 59.3 Å². The van der Waals surface area contributed by atoms with Gasteiger partial charge in [-0.05, 0) is 38.3 Å². The lowest BCUT2D eigenvalue weighted by Crippen LogP contribution is -2.20. The van der Waals surface area contributed by atoms with Gasteiger partial charge < -0.3 is 14.8 Å². The summed E-state index contributed by atoms with van der Waals surface area (Å²) in [6.07, 6.45) is 7.41. The highest BCUT2D eigenvalue weighted by molar-refractivity contribution is 4.52. The maximum atomic E-state index is 5.53. The van der Waals surface area contributed by atoms with Crippen LogP contribution in [0.5, 0.6) is 0 Å². The predicted octanol–water partition coefficient (Wildman–Crippen LogP) is 3.63. The molecule has 1 N–H and O–H groups in total. The molecule has 3 heteroatoms. The number of ether oxygens (including phenoxy) is 2. The van der Waals surface area contributed by atoms with Gasteiger partial charge in [0.2, 0.25) is 0 Å². The van der Waals surface area contributed by atoms with Crippen molar-refractivity contribution in [3.63, 3.8) is 0 Å². The van der Waals surface area contributed by atoms with Crippen molar-refractivity contribution in [3.8, 4) is 0 Å². The summed E-state index contributed by atoms with van der Waals surface area (Å²) in [5.74, 6) is 0.757. The summed E-state index contributed by atoms with van der Waals surface area (Å²) in [6, 6.07) is 0. The van der Waals surface area contributed by atoms with Crippen molar-refractivity contribution in [3.05, 3.63) is 0 Å². The van der Waals surface area contributed by atoms with Crippen LogP contribution >= 0.6 is 0 Å². The van der Waals surface area contributed by atoms with Gasteiger partial charge in [0.15, 0.2) is 0 Å². The first-order valence-corrected chi connectivity index (χ1v) is 8.13. The van der Waals surface area contributed by atoms with Crippen LogP contribution in [-0.4, -0.2) is 39.5 Å². The van der Waals surface area contributed by atoms with E-state index in [2.05, 4.69) is 26.1 Å². The molecular weight excluding hydrogens is 238 g/mol. The van der Waals surface area contributed by atoms with Crippen LogP contribution in [0, 0.1) is 5.92 Å². The van der Waals surface area contributed by atoms with Crippen LogP contribution in [0.2, 0.25) is 0 Å². The average Bonchev–Trinajstić information content (AvgIpc) is 2.39. The third kappa shape index (κ3) is 17.9. The molecule has 0 aliphatic heterocycles. The topological polar surface area (TPSA) is 30.5 Å². The van der Waals surface area contributed by atoms with Crippen molar-refractivity contribution in [2.75, 3.05) is 39.5 Å². The lowest BCUT2D eigenvalue weighted by molar-refractivity contribution is 0.0453. The minimum atomic E-state index is 0.749. The molecule has 0 aliphatic carbocycles. The second kappa shape index (κ2) is 15.9. The summed E-state index contributed by atoms with van der Waals surface area (Å²) >= 11 is 0. The molecule has 0 aliphatic rings. The molecule has 0 amide bonds. The molecule has 0 saturated carbocycles. The van der Waals surface area contributed by atoms with E-state index >= 15 is 0 Å². The van der Waals surface area contributed by atoms with Gasteiger partial charge in [-0.3, -0.25) is 0 Å². The normalized spacial score (nSPS) is 11.4. The van der Waals surface area contributed by atoms with Crippen LogP contribution in [-0.2, 0) is 9.47 Å². The van der Waals surface area contributed by atoms with E-state index in [4.69, 9.17) is 9.47 Å². The summed E-state index contributed by atoms with van der Waals surface area (Å²) in [7, 11) is 0. The predicted molar refractivity (Wildman–Crippen MR) is 82.7 cm³/mol. The smallest absolute Gasteiger partial charge is 0.0700 e. The second-order valence-corrected chi connectivity index (χ2v) is 5.59. The summed E-state index contributed by atoms with van der Waals surface area (Å²) in [4.78, 5) is 0. The van der Waals surface area contributed by atoms with Gasteiger partial charge in [0, 0.05) is 13.2 Å². The fourth-order valence-corrected chi connectivity index (χ4v) is 1.77. The lowest BCUT2D eigenvalue weighted by Gasteiger charge is -2.07. The fraction of sp³-hybridized carbons (Fsp3) is 1.00. The Labute approximate surface area is 120 Å². The van der Waals surface area contributed by atoms with Gasteiger partial charge in [0.1, 0.15) is 0 Å². The number of nitrogens with one attached hydrogen (secondary N) is 1. The number of hydrogen-bond acceptors (Lipinski definition) is 3. The zero-order chi connectivity index (χ0) is 14.2. The van der Waals surface area contributed by atoms with Gasteiger partial charge in [0.05, 0.1) is 13.2 Å². The molecule has 0 aromatic carbocycles. The van der Waals surface area contributed by atoms with Crippen LogP contribution in [0.3, 0.4) is 0 Å². The molecular formula is C16H35NO2.